The molecule has 2 rings (SSSR count). The van der Waals surface area contributed by atoms with Gasteiger partial charge in [-0.05, 0) is 67.1 Å². The highest BCUT2D eigenvalue weighted by Crippen LogP contribution is 2.32. The van der Waals surface area contributed by atoms with Gasteiger partial charge in [0.25, 0.3) is 0 Å². The van der Waals surface area contributed by atoms with E-state index >= 15 is 0 Å². The molecule has 0 aliphatic carbocycles. The second-order valence-electron chi connectivity index (χ2n) is 6.29. The molecule has 3 heteroatoms. The minimum absolute atomic E-state index is 0.165. The average Bonchev–Trinajstić information content (AvgIpc) is 2.65. The molecule has 27 heavy (non-hydrogen) atoms. The van der Waals surface area contributed by atoms with Crippen molar-refractivity contribution in [3.05, 3.63) is 82.4 Å². The van der Waals surface area contributed by atoms with Gasteiger partial charge in [-0.15, -0.1) is 5.73 Å². The third-order valence-electron chi connectivity index (χ3n) is 4.69. The zero-order valence-corrected chi connectivity index (χ0v) is 16.4. The molecule has 0 aromatic heterocycles. The number of nitrogens with zero attached hydrogens (tertiary/aromatic N) is 1. The molecule has 2 aromatic rings. The summed E-state index contributed by atoms with van der Waals surface area (Å²) < 4.78 is 14.4. The van der Waals surface area contributed by atoms with Gasteiger partial charge in [-0.2, -0.15) is 0 Å². The van der Waals surface area contributed by atoms with Crippen LogP contribution in [0.2, 0.25) is 0 Å². The van der Waals surface area contributed by atoms with E-state index in [2.05, 4.69) is 17.3 Å². The lowest BCUT2D eigenvalue weighted by atomic mass is 9.95. The Bertz CT molecular complexity index is 951. The number of aliphatic imine (C=N–C) groups is 1. The van der Waals surface area contributed by atoms with Crippen LogP contribution in [0.5, 0.6) is 0 Å². The van der Waals surface area contributed by atoms with E-state index in [0.717, 1.165) is 33.5 Å². The number of hydrogen-bond donors (Lipinski definition) is 1. The van der Waals surface area contributed by atoms with Crippen LogP contribution in [0.1, 0.15) is 30.5 Å². The number of benzene rings is 2. The largest absolute Gasteiger partial charge is 0.308 e. The van der Waals surface area contributed by atoms with Crippen LogP contribution >= 0.6 is 0 Å². The molecule has 0 saturated heterocycles. The lowest BCUT2D eigenvalue weighted by Gasteiger charge is -2.12. The molecule has 0 unspecified atom stereocenters. The summed E-state index contributed by atoms with van der Waals surface area (Å²) in [6.45, 7) is 11.4. The molecule has 0 heterocycles. The van der Waals surface area contributed by atoms with Crippen LogP contribution in [-0.2, 0) is 6.42 Å². The first-order chi connectivity index (χ1) is 13.0. The van der Waals surface area contributed by atoms with Crippen LogP contribution in [-0.4, -0.2) is 12.4 Å². The lowest BCUT2D eigenvalue weighted by Crippen LogP contribution is -1.95. The normalized spacial score (nSPS) is 11.5. The Morgan fingerprint density at radius 3 is 2.59 bits per heavy atom. The Kier molecular flexibility index (Phi) is 6.81. The summed E-state index contributed by atoms with van der Waals surface area (Å²) >= 11 is 0. The van der Waals surface area contributed by atoms with Crippen LogP contribution in [0.3, 0.4) is 0 Å². The minimum atomic E-state index is -0.165. The third-order valence-corrected chi connectivity index (χ3v) is 4.69. The molecule has 0 fully saturated rings. The van der Waals surface area contributed by atoms with Crippen molar-refractivity contribution in [2.45, 2.75) is 34.1 Å². The number of rotatable bonds is 6. The van der Waals surface area contributed by atoms with Crippen molar-refractivity contribution in [1.82, 2.24) is 0 Å². The van der Waals surface area contributed by atoms with Gasteiger partial charge in [0.2, 0.25) is 0 Å². The number of allylic oxidation sites excluding steroid dienone is 3. The SMILES string of the molecule is C=C=C(/C=N\c1cccc(-c2cc(C)c(CC)c(F)c2)c1C)/C(C=N)=C/C. The van der Waals surface area contributed by atoms with Crippen LogP contribution in [0.4, 0.5) is 10.1 Å². The van der Waals surface area contributed by atoms with Gasteiger partial charge in [0.15, 0.2) is 0 Å². The highest BCUT2D eigenvalue weighted by molar-refractivity contribution is 5.98. The number of aryl methyl sites for hydroxylation is 1. The lowest BCUT2D eigenvalue weighted by molar-refractivity contribution is 0.611. The van der Waals surface area contributed by atoms with Crippen molar-refractivity contribution in [2.75, 3.05) is 0 Å². The van der Waals surface area contributed by atoms with Gasteiger partial charge in [0, 0.05) is 23.6 Å². The maximum Gasteiger partial charge on any atom is 0.127 e. The molecule has 0 spiro atoms. The van der Waals surface area contributed by atoms with Crippen molar-refractivity contribution in [2.24, 2.45) is 4.99 Å². The zero-order valence-electron chi connectivity index (χ0n) is 16.4. The first-order valence-corrected chi connectivity index (χ1v) is 8.97. The number of nitrogens with one attached hydrogen (secondary N) is 1. The van der Waals surface area contributed by atoms with E-state index in [-0.39, 0.29) is 5.82 Å². The maximum absolute atomic E-state index is 14.4. The summed E-state index contributed by atoms with van der Waals surface area (Å²) in [6.07, 6.45) is 5.41. The second kappa shape index (κ2) is 9.07. The van der Waals surface area contributed by atoms with Crippen molar-refractivity contribution >= 4 is 18.1 Å². The van der Waals surface area contributed by atoms with E-state index in [1.165, 1.54) is 6.21 Å². The van der Waals surface area contributed by atoms with Gasteiger partial charge < -0.3 is 5.41 Å². The van der Waals surface area contributed by atoms with Gasteiger partial charge in [-0.3, -0.25) is 4.99 Å². The predicted octanol–water partition coefficient (Wildman–Crippen LogP) is 6.68. The Hall–Kier alpha value is -3.03. The molecule has 0 amide bonds. The summed E-state index contributed by atoms with van der Waals surface area (Å²) in [7, 11) is 0. The molecule has 0 atom stereocenters. The highest BCUT2D eigenvalue weighted by atomic mass is 19.1. The molecular formula is C24H25FN2. The summed E-state index contributed by atoms with van der Waals surface area (Å²) in [5.74, 6) is -0.165. The van der Waals surface area contributed by atoms with Crippen molar-refractivity contribution < 1.29 is 4.39 Å². The fourth-order valence-electron chi connectivity index (χ4n) is 3.13. The number of hydrogen-bond acceptors (Lipinski definition) is 2. The summed E-state index contributed by atoms with van der Waals surface area (Å²) in [4.78, 5) is 4.56. The Balaban J connectivity index is 2.49. The van der Waals surface area contributed by atoms with Crippen molar-refractivity contribution in [3.8, 4) is 11.1 Å². The van der Waals surface area contributed by atoms with Gasteiger partial charge in [0.05, 0.1) is 5.69 Å². The smallest absolute Gasteiger partial charge is 0.127 e. The van der Waals surface area contributed by atoms with Crippen LogP contribution in [0.25, 0.3) is 11.1 Å². The third kappa shape index (κ3) is 4.39. The summed E-state index contributed by atoms with van der Waals surface area (Å²) in [5.41, 5.74) is 9.47. The Morgan fingerprint density at radius 1 is 1.30 bits per heavy atom. The first-order valence-electron chi connectivity index (χ1n) is 8.97. The molecule has 0 bridgehead atoms. The van der Waals surface area contributed by atoms with E-state index in [1.807, 2.05) is 58.0 Å². The predicted molar refractivity (Wildman–Crippen MR) is 114 cm³/mol. The fraction of sp³-hybridized carbons (Fsp3) is 0.208. The van der Waals surface area contributed by atoms with E-state index in [1.54, 1.807) is 12.3 Å². The van der Waals surface area contributed by atoms with Gasteiger partial charge in [-0.1, -0.05) is 37.8 Å². The molecule has 0 aliphatic rings. The van der Waals surface area contributed by atoms with Gasteiger partial charge in [0.1, 0.15) is 5.82 Å². The maximum atomic E-state index is 14.4. The van der Waals surface area contributed by atoms with Crippen LogP contribution in [0, 0.1) is 25.1 Å². The molecule has 0 radical (unpaired) electrons. The Labute approximate surface area is 161 Å². The number of halogens is 1. The van der Waals surface area contributed by atoms with E-state index in [9.17, 15) is 4.39 Å². The van der Waals surface area contributed by atoms with E-state index in [4.69, 9.17) is 5.41 Å². The summed E-state index contributed by atoms with van der Waals surface area (Å²) in [6, 6.07) is 9.44. The molecule has 1 N–H and O–H groups in total. The van der Waals surface area contributed by atoms with E-state index in [0.29, 0.717) is 17.6 Å². The topological polar surface area (TPSA) is 36.2 Å². The first kappa shape index (κ1) is 20.3. The molecule has 2 nitrogen and oxygen atoms in total. The quantitative estimate of drug-likeness (QED) is 0.339. The molecule has 2 aromatic carbocycles. The standard InChI is InChI=1S/C24H25FN2/c1-6-18(14-26)19(7-2)15-27-24-11-9-10-22(17(24)5)20-12-16(4)21(8-3)23(25)13-20/h6,9-15,26H,2,8H2,1,3-5H3/b18-6+,26-14?,27-15-. The minimum Gasteiger partial charge on any atom is -0.308 e. The second-order valence-corrected chi connectivity index (χ2v) is 6.29. The van der Waals surface area contributed by atoms with Crippen molar-refractivity contribution in [3.63, 3.8) is 0 Å². The average molecular weight is 360 g/mol. The molecule has 0 aliphatic heterocycles. The molecular weight excluding hydrogens is 335 g/mol. The van der Waals surface area contributed by atoms with Crippen molar-refractivity contribution in [1.29, 1.82) is 5.41 Å². The fourth-order valence-corrected chi connectivity index (χ4v) is 3.13. The molecule has 138 valence electrons. The van der Waals surface area contributed by atoms with Gasteiger partial charge in [-0.25, -0.2) is 4.39 Å². The monoisotopic (exact) mass is 360 g/mol. The van der Waals surface area contributed by atoms with Gasteiger partial charge >= 0.3 is 0 Å². The van der Waals surface area contributed by atoms with Crippen LogP contribution in [0.15, 0.2) is 64.9 Å². The molecule has 0 saturated carbocycles. The highest BCUT2D eigenvalue weighted by Gasteiger charge is 2.11. The van der Waals surface area contributed by atoms with E-state index < -0.39 is 0 Å². The summed E-state index contributed by atoms with van der Waals surface area (Å²) in [5, 5.41) is 7.46. The Morgan fingerprint density at radius 2 is 2.04 bits per heavy atom. The zero-order chi connectivity index (χ0) is 20.0. The van der Waals surface area contributed by atoms with Crippen LogP contribution < -0.4 is 0 Å².